The van der Waals surface area contributed by atoms with E-state index in [0.717, 1.165) is 16.2 Å². The van der Waals surface area contributed by atoms with Crippen LogP contribution in [0.15, 0.2) is 48.5 Å². The van der Waals surface area contributed by atoms with Crippen molar-refractivity contribution in [1.82, 2.24) is 10.2 Å². The number of fused-ring (bicyclic) bond motifs is 4. The first-order valence-electron chi connectivity index (χ1n) is 11.6. The van der Waals surface area contributed by atoms with Crippen molar-refractivity contribution >= 4 is 29.2 Å². The van der Waals surface area contributed by atoms with Gasteiger partial charge in [0, 0.05) is 30.8 Å². The molecule has 3 heterocycles. The van der Waals surface area contributed by atoms with Crippen LogP contribution in [0.25, 0.3) is 0 Å². The fourth-order valence-corrected chi connectivity index (χ4v) is 5.88. The Bertz CT molecular complexity index is 1230. The molecule has 0 aromatic heterocycles. The van der Waals surface area contributed by atoms with Crippen LogP contribution in [-0.4, -0.2) is 52.5 Å². The fourth-order valence-electron chi connectivity index (χ4n) is 5.88. The number of hydrogen-bond acceptors (Lipinski definition) is 7. The van der Waals surface area contributed by atoms with Gasteiger partial charge in [-0.25, -0.2) is 4.79 Å². The maximum atomic E-state index is 14.3. The molecule has 4 amide bonds. The van der Waals surface area contributed by atoms with Crippen LogP contribution in [0.1, 0.15) is 37.9 Å². The van der Waals surface area contributed by atoms with Gasteiger partial charge < -0.3 is 9.64 Å². The minimum Gasteiger partial charge on any atom is -0.372 e. The van der Waals surface area contributed by atoms with E-state index in [0.29, 0.717) is 12.1 Å². The molecule has 35 heavy (non-hydrogen) atoms. The molecule has 3 aliphatic heterocycles. The molecule has 10 heteroatoms. The molecule has 10 nitrogen and oxygen atoms in total. The first kappa shape index (κ1) is 23.0. The number of carbonyl (C=O) groups is 3. The predicted octanol–water partition coefficient (Wildman–Crippen LogP) is 2.96. The Labute approximate surface area is 202 Å². The van der Waals surface area contributed by atoms with E-state index in [-0.39, 0.29) is 18.2 Å². The number of imide groups is 2. The zero-order chi connectivity index (χ0) is 25.1. The molecule has 0 bridgehead atoms. The van der Waals surface area contributed by atoms with Crippen LogP contribution >= 0.6 is 0 Å². The monoisotopic (exact) mass is 478 g/mol. The highest BCUT2D eigenvalue weighted by Gasteiger charge is 2.65. The van der Waals surface area contributed by atoms with E-state index < -0.39 is 46.4 Å². The summed E-state index contributed by atoms with van der Waals surface area (Å²) in [5.74, 6) is -1.33. The van der Waals surface area contributed by atoms with Crippen molar-refractivity contribution in [1.29, 1.82) is 0 Å². The Morgan fingerprint density at radius 3 is 2.54 bits per heavy atom. The molecule has 182 valence electrons. The van der Waals surface area contributed by atoms with Crippen LogP contribution in [0.4, 0.5) is 16.2 Å². The maximum absolute atomic E-state index is 14.3. The van der Waals surface area contributed by atoms with Gasteiger partial charge in [-0.15, -0.1) is 0 Å². The molecule has 5 rings (SSSR count). The number of nitro benzene ring substituents is 1. The predicted molar refractivity (Wildman–Crippen MR) is 126 cm³/mol. The number of anilines is 1. The van der Waals surface area contributed by atoms with Crippen molar-refractivity contribution in [3.8, 4) is 0 Å². The lowest BCUT2D eigenvalue weighted by Crippen LogP contribution is -2.75. The van der Waals surface area contributed by atoms with Crippen molar-refractivity contribution in [2.45, 2.75) is 51.5 Å². The molecule has 2 aromatic carbocycles. The summed E-state index contributed by atoms with van der Waals surface area (Å²) in [5, 5.41) is 13.9. The number of nitro groups is 1. The highest BCUT2D eigenvalue weighted by Crippen LogP contribution is 2.49. The topological polar surface area (TPSA) is 122 Å². The zero-order valence-corrected chi connectivity index (χ0v) is 19.6. The molecule has 0 unspecified atom stereocenters. The second kappa shape index (κ2) is 8.16. The number of nitrogens with one attached hydrogen (secondary N) is 1. The third-order valence-corrected chi connectivity index (χ3v) is 7.35. The van der Waals surface area contributed by atoms with Crippen LogP contribution < -0.4 is 10.2 Å². The van der Waals surface area contributed by atoms with Gasteiger partial charge in [0.2, 0.25) is 11.8 Å². The number of benzene rings is 2. The number of rotatable bonds is 3. The third-order valence-electron chi connectivity index (χ3n) is 7.35. The van der Waals surface area contributed by atoms with E-state index in [1.165, 1.54) is 12.1 Å². The number of amides is 4. The second-order valence-corrected chi connectivity index (χ2v) is 9.49. The SMILES string of the molecule is C[C@H](c1ccccc1)N1C(=O)NC(=O)[C@]2(Cc3cc([N+](=O)[O-])ccc3N3C[C@H](C)O[C@H](C)[C@H]32)C1=O. The van der Waals surface area contributed by atoms with Gasteiger partial charge in [-0.1, -0.05) is 30.3 Å². The standard InChI is InChI=1S/C25H26N4O6/c1-14-13-27-20-10-9-19(29(33)34)11-18(20)12-25(21(27)16(3)35-14)22(30)26-24(32)28(23(25)31)15(2)17-7-5-4-6-8-17/h4-11,14-16,21H,12-13H2,1-3H3,(H,26,30,32)/t14-,15+,16+,21-,25+/m0/s1. The lowest BCUT2D eigenvalue weighted by Gasteiger charge is -2.56. The Morgan fingerprint density at radius 2 is 1.86 bits per heavy atom. The number of hydrogen-bond donors (Lipinski definition) is 1. The fraction of sp³-hybridized carbons (Fsp3) is 0.400. The number of morpholine rings is 1. The molecule has 1 spiro atoms. The third kappa shape index (κ3) is 3.39. The molecule has 2 fully saturated rings. The summed E-state index contributed by atoms with van der Waals surface area (Å²) in [6.45, 7) is 5.84. The number of carbonyl (C=O) groups excluding carboxylic acids is 3. The Balaban J connectivity index is 1.67. The van der Waals surface area contributed by atoms with Gasteiger partial charge in [0.15, 0.2) is 5.41 Å². The number of urea groups is 1. The van der Waals surface area contributed by atoms with E-state index in [4.69, 9.17) is 4.74 Å². The van der Waals surface area contributed by atoms with Crippen LogP contribution in [0.2, 0.25) is 0 Å². The molecule has 1 N–H and O–H groups in total. The number of non-ortho nitro benzene ring substituents is 1. The van der Waals surface area contributed by atoms with Gasteiger partial charge in [-0.2, -0.15) is 0 Å². The molecule has 5 atom stereocenters. The molecular weight excluding hydrogens is 452 g/mol. The number of barbiturate groups is 1. The van der Waals surface area contributed by atoms with E-state index in [1.807, 2.05) is 49.1 Å². The summed E-state index contributed by atoms with van der Waals surface area (Å²) in [7, 11) is 0. The van der Waals surface area contributed by atoms with Crippen LogP contribution in [-0.2, 0) is 20.7 Å². The normalized spacial score (nSPS) is 28.9. The highest BCUT2D eigenvalue weighted by atomic mass is 16.6. The quantitative estimate of drug-likeness (QED) is 0.409. The molecule has 0 aliphatic carbocycles. The van der Waals surface area contributed by atoms with Crippen molar-refractivity contribution in [2.24, 2.45) is 5.41 Å². The number of nitrogens with zero attached hydrogens (tertiary/aromatic N) is 3. The summed E-state index contributed by atoms with van der Waals surface area (Å²) in [5.41, 5.74) is 0.167. The smallest absolute Gasteiger partial charge is 0.331 e. The van der Waals surface area contributed by atoms with Gasteiger partial charge in [-0.3, -0.25) is 29.9 Å². The van der Waals surface area contributed by atoms with Gasteiger partial charge in [0.05, 0.1) is 29.2 Å². The minimum atomic E-state index is -1.70. The largest absolute Gasteiger partial charge is 0.372 e. The van der Waals surface area contributed by atoms with Crippen molar-refractivity contribution in [3.05, 3.63) is 69.8 Å². The molecule has 3 aliphatic rings. The lowest BCUT2D eigenvalue weighted by molar-refractivity contribution is -0.384. The van der Waals surface area contributed by atoms with Crippen molar-refractivity contribution in [3.63, 3.8) is 0 Å². The Kier molecular flexibility index (Phi) is 5.36. The second-order valence-electron chi connectivity index (χ2n) is 9.49. The van der Waals surface area contributed by atoms with Crippen LogP contribution in [0, 0.1) is 15.5 Å². The van der Waals surface area contributed by atoms with E-state index in [2.05, 4.69) is 5.32 Å². The van der Waals surface area contributed by atoms with E-state index >= 15 is 0 Å². The first-order chi connectivity index (χ1) is 16.6. The average Bonchev–Trinajstić information content (AvgIpc) is 2.82. The highest BCUT2D eigenvalue weighted by molar-refractivity contribution is 6.20. The van der Waals surface area contributed by atoms with Crippen molar-refractivity contribution in [2.75, 3.05) is 11.4 Å². The summed E-state index contributed by atoms with van der Waals surface area (Å²) < 4.78 is 6.08. The lowest BCUT2D eigenvalue weighted by atomic mass is 9.66. The molecular formula is C25H26N4O6. The molecule has 0 saturated carbocycles. The van der Waals surface area contributed by atoms with E-state index in [9.17, 15) is 24.5 Å². The Hall–Kier alpha value is -3.79. The molecule has 2 saturated heterocycles. The first-order valence-corrected chi connectivity index (χ1v) is 11.6. The van der Waals surface area contributed by atoms with Crippen LogP contribution in [0.3, 0.4) is 0 Å². The van der Waals surface area contributed by atoms with Gasteiger partial charge in [0.1, 0.15) is 0 Å². The summed E-state index contributed by atoms with van der Waals surface area (Å²) in [6, 6.07) is 11.5. The van der Waals surface area contributed by atoms with Gasteiger partial charge >= 0.3 is 6.03 Å². The zero-order valence-electron chi connectivity index (χ0n) is 19.6. The summed E-state index contributed by atoms with van der Waals surface area (Å²) in [6.07, 6.45) is -0.788. The van der Waals surface area contributed by atoms with E-state index in [1.54, 1.807) is 13.0 Å². The average molecular weight is 479 g/mol. The van der Waals surface area contributed by atoms with Crippen LogP contribution in [0.5, 0.6) is 0 Å². The Morgan fingerprint density at radius 1 is 1.14 bits per heavy atom. The summed E-state index contributed by atoms with van der Waals surface area (Å²) >= 11 is 0. The number of ether oxygens (including phenoxy) is 1. The van der Waals surface area contributed by atoms with Gasteiger partial charge in [-0.05, 0) is 38.0 Å². The minimum absolute atomic E-state index is 0.0801. The van der Waals surface area contributed by atoms with Crippen molar-refractivity contribution < 1.29 is 24.0 Å². The summed E-state index contributed by atoms with van der Waals surface area (Å²) in [4.78, 5) is 54.9. The van der Waals surface area contributed by atoms with Gasteiger partial charge in [0.25, 0.3) is 5.69 Å². The molecule has 0 radical (unpaired) electrons. The maximum Gasteiger partial charge on any atom is 0.331 e. The molecule has 2 aromatic rings.